The fourth-order valence-corrected chi connectivity index (χ4v) is 0.643. The summed E-state index contributed by atoms with van der Waals surface area (Å²) in [6.07, 6.45) is 4.12. The molecule has 0 aromatic heterocycles. The number of ether oxygens (including phenoxy) is 1. The largest absolute Gasteiger partial charge is 0.367 e. The highest BCUT2D eigenvalue weighted by Gasteiger charge is 2.16. The Kier molecular flexibility index (Phi) is 0.927. The zero-order valence-corrected chi connectivity index (χ0v) is 4.77. The third-order valence-corrected chi connectivity index (χ3v) is 1.07. The molecule has 1 nitrogen and oxygen atoms in total. The maximum absolute atomic E-state index is 5.23. The van der Waals surface area contributed by atoms with Gasteiger partial charge in [-0.15, -0.1) is 0 Å². The van der Waals surface area contributed by atoms with Crippen LogP contribution in [0.25, 0.3) is 0 Å². The van der Waals surface area contributed by atoms with Gasteiger partial charge in [0.1, 0.15) is 0 Å². The molecule has 0 spiro atoms. The molecule has 40 valence electrons. The molecule has 7 heavy (non-hydrogen) atoms. The van der Waals surface area contributed by atoms with Crippen LogP contribution in [0, 0.1) is 0 Å². The Morgan fingerprint density at radius 1 is 1.57 bits per heavy atom. The van der Waals surface area contributed by atoms with Crippen LogP contribution in [-0.2, 0) is 4.74 Å². The van der Waals surface area contributed by atoms with Gasteiger partial charge in [0, 0.05) is 0 Å². The molecule has 0 N–H and O–H groups in total. The average Bonchev–Trinajstić information content (AvgIpc) is 1.84. The first-order valence-corrected chi connectivity index (χ1v) is 2.52. The Balaban J connectivity index is 2.57. The molecular formula is C6H10O. The summed E-state index contributed by atoms with van der Waals surface area (Å²) in [4.78, 5) is 0. The molecule has 0 saturated heterocycles. The second kappa shape index (κ2) is 1.34. The van der Waals surface area contributed by atoms with Crippen molar-refractivity contribution in [3.05, 3.63) is 12.2 Å². The lowest BCUT2D eigenvalue weighted by Gasteiger charge is -2.12. The van der Waals surface area contributed by atoms with Crippen LogP contribution in [0.5, 0.6) is 0 Å². The van der Waals surface area contributed by atoms with Crippen LogP contribution >= 0.6 is 0 Å². The van der Waals surface area contributed by atoms with E-state index >= 15 is 0 Å². The van der Waals surface area contributed by atoms with Crippen LogP contribution in [0.3, 0.4) is 0 Å². The van der Waals surface area contributed by atoms with Crippen molar-refractivity contribution in [2.45, 2.75) is 19.4 Å². The fourth-order valence-electron chi connectivity index (χ4n) is 0.643. The molecular weight excluding hydrogens is 88.1 g/mol. The molecule has 0 fully saturated rings. The Bertz CT molecular complexity index is 92.4. The maximum Gasteiger partial charge on any atom is 0.0811 e. The van der Waals surface area contributed by atoms with Crippen LogP contribution < -0.4 is 0 Å². The molecule has 0 aromatic carbocycles. The quantitative estimate of drug-likeness (QED) is 0.415. The Hall–Kier alpha value is -0.300. The van der Waals surface area contributed by atoms with Crippen molar-refractivity contribution in [2.24, 2.45) is 0 Å². The summed E-state index contributed by atoms with van der Waals surface area (Å²) in [5.74, 6) is 0. The summed E-state index contributed by atoms with van der Waals surface area (Å²) in [6, 6.07) is 0. The van der Waals surface area contributed by atoms with Gasteiger partial charge in [-0.3, -0.25) is 0 Å². The van der Waals surface area contributed by atoms with E-state index in [0.717, 1.165) is 6.61 Å². The first kappa shape index (κ1) is 4.85. The van der Waals surface area contributed by atoms with Crippen molar-refractivity contribution in [1.29, 1.82) is 0 Å². The molecule has 0 aromatic rings. The van der Waals surface area contributed by atoms with Crippen molar-refractivity contribution in [3.63, 3.8) is 0 Å². The minimum Gasteiger partial charge on any atom is -0.367 e. The standard InChI is InChI=1S/C6H10O/c1-6(2)4-3-5-7-6/h3-4H,5H2,1-2H3. The number of rotatable bonds is 0. The Labute approximate surface area is 44.0 Å². The van der Waals surface area contributed by atoms with Crippen LogP contribution in [0.15, 0.2) is 12.2 Å². The van der Waals surface area contributed by atoms with Crippen LogP contribution in [0.1, 0.15) is 13.8 Å². The third-order valence-electron chi connectivity index (χ3n) is 1.07. The van der Waals surface area contributed by atoms with E-state index in [1.807, 2.05) is 6.08 Å². The number of hydrogen-bond acceptors (Lipinski definition) is 1. The molecule has 0 atom stereocenters. The lowest BCUT2D eigenvalue weighted by molar-refractivity contribution is 0.0575. The van der Waals surface area contributed by atoms with Crippen molar-refractivity contribution in [3.8, 4) is 0 Å². The van der Waals surface area contributed by atoms with Crippen LogP contribution in [-0.4, -0.2) is 12.2 Å². The van der Waals surface area contributed by atoms with E-state index in [0.29, 0.717) is 0 Å². The van der Waals surface area contributed by atoms with Gasteiger partial charge in [-0.1, -0.05) is 12.2 Å². The molecule has 0 amide bonds. The van der Waals surface area contributed by atoms with Crippen LogP contribution in [0.2, 0.25) is 0 Å². The van der Waals surface area contributed by atoms with E-state index in [-0.39, 0.29) is 5.60 Å². The van der Waals surface area contributed by atoms with Crippen molar-refractivity contribution >= 4 is 0 Å². The first-order valence-electron chi connectivity index (χ1n) is 2.52. The lowest BCUT2D eigenvalue weighted by atomic mass is 10.1. The molecule has 1 heteroatoms. The highest BCUT2D eigenvalue weighted by molar-refractivity contribution is 5.02. The summed E-state index contributed by atoms with van der Waals surface area (Å²) >= 11 is 0. The molecule has 0 bridgehead atoms. The maximum atomic E-state index is 5.23. The lowest BCUT2D eigenvalue weighted by Crippen LogP contribution is -2.15. The molecule has 1 aliphatic heterocycles. The highest BCUT2D eigenvalue weighted by atomic mass is 16.5. The summed E-state index contributed by atoms with van der Waals surface area (Å²) < 4.78 is 5.23. The van der Waals surface area contributed by atoms with E-state index in [4.69, 9.17) is 4.74 Å². The van der Waals surface area contributed by atoms with Gasteiger partial charge in [0.2, 0.25) is 0 Å². The predicted molar refractivity (Wildman–Crippen MR) is 29.2 cm³/mol. The molecule has 0 unspecified atom stereocenters. The number of hydrogen-bond donors (Lipinski definition) is 0. The van der Waals surface area contributed by atoms with Crippen molar-refractivity contribution < 1.29 is 4.74 Å². The van der Waals surface area contributed by atoms with Gasteiger partial charge in [0.15, 0.2) is 0 Å². The third kappa shape index (κ3) is 1.03. The van der Waals surface area contributed by atoms with E-state index < -0.39 is 0 Å². The van der Waals surface area contributed by atoms with Gasteiger partial charge < -0.3 is 4.74 Å². The smallest absolute Gasteiger partial charge is 0.0811 e. The molecule has 0 saturated carbocycles. The molecule has 0 aliphatic carbocycles. The minimum atomic E-state index is 0.0139. The van der Waals surface area contributed by atoms with Gasteiger partial charge in [0.05, 0.1) is 12.2 Å². The normalized spacial score (nSPS) is 26.0. The average molecular weight is 98.1 g/mol. The fraction of sp³-hybridized carbons (Fsp3) is 0.667. The summed E-state index contributed by atoms with van der Waals surface area (Å²) in [6.45, 7) is 4.89. The molecule has 1 heterocycles. The van der Waals surface area contributed by atoms with Gasteiger partial charge in [0.25, 0.3) is 0 Å². The molecule has 1 aliphatic rings. The Morgan fingerprint density at radius 3 is 2.43 bits per heavy atom. The topological polar surface area (TPSA) is 9.23 Å². The monoisotopic (exact) mass is 98.1 g/mol. The van der Waals surface area contributed by atoms with Gasteiger partial charge in [-0.25, -0.2) is 0 Å². The summed E-state index contributed by atoms with van der Waals surface area (Å²) in [5, 5.41) is 0. The summed E-state index contributed by atoms with van der Waals surface area (Å²) in [7, 11) is 0. The van der Waals surface area contributed by atoms with E-state index in [9.17, 15) is 0 Å². The van der Waals surface area contributed by atoms with Crippen molar-refractivity contribution in [1.82, 2.24) is 0 Å². The summed E-state index contributed by atoms with van der Waals surface area (Å²) in [5.41, 5.74) is 0.0139. The van der Waals surface area contributed by atoms with E-state index in [1.54, 1.807) is 0 Å². The van der Waals surface area contributed by atoms with E-state index in [1.165, 1.54) is 0 Å². The van der Waals surface area contributed by atoms with E-state index in [2.05, 4.69) is 19.9 Å². The predicted octanol–water partition coefficient (Wildman–Crippen LogP) is 1.35. The minimum absolute atomic E-state index is 0.0139. The molecule has 0 radical (unpaired) electrons. The first-order chi connectivity index (χ1) is 3.21. The van der Waals surface area contributed by atoms with Gasteiger partial charge in [-0.05, 0) is 13.8 Å². The van der Waals surface area contributed by atoms with Crippen LogP contribution in [0.4, 0.5) is 0 Å². The van der Waals surface area contributed by atoms with Gasteiger partial charge in [-0.2, -0.15) is 0 Å². The Morgan fingerprint density at radius 2 is 2.29 bits per heavy atom. The van der Waals surface area contributed by atoms with Gasteiger partial charge >= 0.3 is 0 Å². The highest BCUT2D eigenvalue weighted by Crippen LogP contribution is 2.15. The molecule has 1 rings (SSSR count). The zero-order valence-electron chi connectivity index (χ0n) is 4.77. The second-order valence-corrected chi connectivity index (χ2v) is 2.32. The van der Waals surface area contributed by atoms with Crippen molar-refractivity contribution in [2.75, 3.05) is 6.61 Å². The zero-order chi connectivity index (χ0) is 5.33. The SMILES string of the molecule is CC1(C)C=CCO1. The second-order valence-electron chi connectivity index (χ2n) is 2.32.